The third-order valence-electron chi connectivity index (χ3n) is 5.23. The highest BCUT2D eigenvalue weighted by Crippen LogP contribution is 2.34. The SMILES string of the molecule is O=C(CN1CCC[C@H]1c1cccs1)N1CCN(C(=O)c2cccs2)CC1. The molecular formula is C19H23N3O2S2. The van der Waals surface area contributed by atoms with Crippen molar-refractivity contribution in [2.45, 2.75) is 18.9 Å². The first-order valence-electron chi connectivity index (χ1n) is 9.10. The number of piperazine rings is 1. The van der Waals surface area contributed by atoms with Gasteiger partial charge in [-0.15, -0.1) is 22.7 Å². The molecule has 26 heavy (non-hydrogen) atoms. The van der Waals surface area contributed by atoms with Crippen LogP contribution in [0.3, 0.4) is 0 Å². The van der Waals surface area contributed by atoms with Crippen molar-refractivity contribution in [3.63, 3.8) is 0 Å². The van der Waals surface area contributed by atoms with Crippen LogP contribution in [-0.2, 0) is 4.79 Å². The second-order valence-electron chi connectivity index (χ2n) is 6.79. The number of thiophene rings is 2. The van der Waals surface area contributed by atoms with Crippen LogP contribution in [0.15, 0.2) is 35.0 Å². The number of hydrogen-bond acceptors (Lipinski definition) is 5. The molecule has 0 bridgehead atoms. The largest absolute Gasteiger partial charge is 0.338 e. The summed E-state index contributed by atoms with van der Waals surface area (Å²) in [5, 5.41) is 4.03. The number of amides is 2. The minimum Gasteiger partial charge on any atom is -0.338 e. The van der Waals surface area contributed by atoms with E-state index in [-0.39, 0.29) is 11.8 Å². The Morgan fingerprint density at radius 3 is 2.38 bits per heavy atom. The molecule has 7 heteroatoms. The summed E-state index contributed by atoms with van der Waals surface area (Å²) >= 11 is 3.25. The molecule has 2 aliphatic heterocycles. The van der Waals surface area contributed by atoms with E-state index in [0.717, 1.165) is 24.3 Å². The first kappa shape index (κ1) is 17.7. The average molecular weight is 390 g/mol. The zero-order valence-corrected chi connectivity index (χ0v) is 16.3. The van der Waals surface area contributed by atoms with Gasteiger partial charge >= 0.3 is 0 Å². The number of hydrogen-bond donors (Lipinski definition) is 0. The summed E-state index contributed by atoms with van der Waals surface area (Å²) in [5.41, 5.74) is 0. The van der Waals surface area contributed by atoms with E-state index in [1.165, 1.54) is 16.2 Å². The number of likely N-dealkylation sites (tertiary alicyclic amines) is 1. The molecule has 4 rings (SSSR count). The molecule has 2 aromatic heterocycles. The fourth-order valence-corrected chi connectivity index (χ4v) is 5.39. The van der Waals surface area contributed by atoms with Gasteiger partial charge in [-0.3, -0.25) is 14.5 Å². The number of rotatable bonds is 4. The lowest BCUT2D eigenvalue weighted by Crippen LogP contribution is -2.52. The minimum atomic E-state index is 0.0874. The Morgan fingerprint density at radius 1 is 0.962 bits per heavy atom. The second-order valence-corrected chi connectivity index (χ2v) is 8.72. The van der Waals surface area contributed by atoms with E-state index in [1.54, 1.807) is 11.3 Å². The second kappa shape index (κ2) is 7.90. The molecule has 0 aliphatic carbocycles. The molecule has 0 unspecified atom stereocenters. The summed E-state index contributed by atoms with van der Waals surface area (Å²) in [7, 11) is 0. The zero-order chi connectivity index (χ0) is 17.9. The van der Waals surface area contributed by atoms with Crippen LogP contribution in [0.4, 0.5) is 0 Å². The smallest absolute Gasteiger partial charge is 0.264 e. The molecule has 0 radical (unpaired) electrons. The Morgan fingerprint density at radius 2 is 1.69 bits per heavy atom. The van der Waals surface area contributed by atoms with Crippen molar-refractivity contribution >= 4 is 34.5 Å². The van der Waals surface area contributed by atoms with Crippen LogP contribution in [0.25, 0.3) is 0 Å². The quantitative estimate of drug-likeness (QED) is 0.808. The first-order valence-corrected chi connectivity index (χ1v) is 10.9. The van der Waals surface area contributed by atoms with Crippen molar-refractivity contribution in [2.75, 3.05) is 39.3 Å². The van der Waals surface area contributed by atoms with Gasteiger partial charge in [0.15, 0.2) is 0 Å². The molecule has 0 saturated carbocycles. The van der Waals surface area contributed by atoms with Crippen LogP contribution in [0.5, 0.6) is 0 Å². The Bertz CT molecular complexity index is 737. The highest BCUT2D eigenvalue weighted by molar-refractivity contribution is 7.12. The molecule has 138 valence electrons. The summed E-state index contributed by atoms with van der Waals surface area (Å²) in [4.78, 5) is 33.4. The van der Waals surface area contributed by atoms with Gasteiger partial charge in [0, 0.05) is 37.1 Å². The maximum Gasteiger partial charge on any atom is 0.264 e. The number of nitrogens with zero attached hydrogens (tertiary/aromatic N) is 3. The number of carbonyl (C=O) groups is 2. The molecular weight excluding hydrogens is 366 g/mol. The fraction of sp³-hybridized carbons (Fsp3) is 0.474. The van der Waals surface area contributed by atoms with Crippen molar-refractivity contribution in [1.29, 1.82) is 0 Å². The molecule has 2 amide bonds. The molecule has 2 aliphatic rings. The van der Waals surface area contributed by atoms with Crippen LogP contribution in [0.2, 0.25) is 0 Å². The van der Waals surface area contributed by atoms with Gasteiger partial charge in [0.2, 0.25) is 5.91 Å². The van der Waals surface area contributed by atoms with Gasteiger partial charge in [-0.2, -0.15) is 0 Å². The van der Waals surface area contributed by atoms with E-state index < -0.39 is 0 Å². The van der Waals surface area contributed by atoms with Gasteiger partial charge in [0.1, 0.15) is 0 Å². The van der Waals surface area contributed by atoms with E-state index in [4.69, 9.17) is 0 Å². The Hall–Kier alpha value is -1.70. The van der Waals surface area contributed by atoms with Crippen molar-refractivity contribution in [1.82, 2.24) is 14.7 Å². The molecule has 2 fully saturated rings. The Balaban J connectivity index is 1.30. The molecule has 4 heterocycles. The van der Waals surface area contributed by atoms with Gasteiger partial charge in [0.05, 0.1) is 11.4 Å². The molecule has 1 atom stereocenters. The van der Waals surface area contributed by atoms with Crippen molar-refractivity contribution in [3.8, 4) is 0 Å². The highest BCUT2D eigenvalue weighted by Gasteiger charge is 2.31. The predicted octanol–water partition coefficient (Wildman–Crippen LogP) is 2.93. The van der Waals surface area contributed by atoms with E-state index in [2.05, 4.69) is 22.4 Å². The van der Waals surface area contributed by atoms with Crippen LogP contribution >= 0.6 is 22.7 Å². The lowest BCUT2D eigenvalue weighted by Gasteiger charge is -2.36. The van der Waals surface area contributed by atoms with Gasteiger partial charge < -0.3 is 9.80 Å². The standard InChI is InChI=1S/C19H23N3O2S2/c23-18(14-22-7-1-4-15(22)16-5-2-12-25-16)20-8-10-21(11-9-20)19(24)17-6-3-13-26-17/h2-3,5-6,12-13,15H,1,4,7-11,14H2/t15-/m0/s1. The molecule has 0 aromatic carbocycles. The van der Waals surface area contributed by atoms with Crippen LogP contribution in [0.1, 0.15) is 33.4 Å². The van der Waals surface area contributed by atoms with E-state index in [1.807, 2.05) is 27.3 Å². The minimum absolute atomic E-state index is 0.0874. The first-order chi connectivity index (χ1) is 12.7. The predicted molar refractivity (Wildman–Crippen MR) is 105 cm³/mol. The zero-order valence-electron chi connectivity index (χ0n) is 14.7. The summed E-state index contributed by atoms with van der Waals surface area (Å²) in [5.74, 6) is 0.279. The molecule has 0 spiro atoms. The Kier molecular flexibility index (Phi) is 5.38. The number of carbonyl (C=O) groups excluding carboxylic acids is 2. The van der Waals surface area contributed by atoms with Crippen LogP contribution < -0.4 is 0 Å². The molecule has 2 saturated heterocycles. The third kappa shape index (κ3) is 3.70. The fourth-order valence-electron chi connectivity index (χ4n) is 3.81. The van der Waals surface area contributed by atoms with Crippen molar-refractivity contribution < 1.29 is 9.59 Å². The molecule has 0 N–H and O–H groups in total. The normalized spacial score (nSPS) is 21.3. The third-order valence-corrected chi connectivity index (χ3v) is 7.06. The lowest BCUT2D eigenvalue weighted by atomic mass is 10.2. The van der Waals surface area contributed by atoms with Crippen molar-refractivity contribution in [2.24, 2.45) is 0 Å². The van der Waals surface area contributed by atoms with Crippen molar-refractivity contribution in [3.05, 3.63) is 44.8 Å². The van der Waals surface area contributed by atoms with Crippen LogP contribution in [-0.4, -0.2) is 65.8 Å². The topological polar surface area (TPSA) is 43.9 Å². The monoisotopic (exact) mass is 389 g/mol. The maximum absolute atomic E-state index is 12.8. The highest BCUT2D eigenvalue weighted by atomic mass is 32.1. The average Bonchev–Trinajstić information content (AvgIpc) is 3.42. The summed E-state index contributed by atoms with van der Waals surface area (Å²) in [6, 6.07) is 8.41. The lowest BCUT2D eigenvalue weighted by molar-refractivity contribution is -0.134. The van der Waals surface area contributed by atoms with E-state index in [9.17, 15) is 9.59 Å². The molecule has 2 aromatic rings. The summed E-state index contributed by atoms with van der Waals surface area (Å²) in [6.07, 6.45) is 2.29. The van der Waals surface area contributed by atoms with Gasteiger partial charge in [-0.1, -0.05) is 12.1 Å². The van der Waals surface area contributed by atoms with E-state index in [0.29, 0.717) is 38.8 Å². The van der Waals surface area contributed by atoms with Gasteiger partial charge in [0.25, 0.3) is 5.91 Å². The summed E-state index contributed by atoms with van der Waals surface area (Å²) < 4.78 is 0. The summed E-state index contributed by atoms with van der Waals surface area (Å²) in [6.45, 7) is 3.99. The van der Waals surface area contributed by atoms with E-state index >= 15 is 0 Å². The Labute approximate surface area is 161 Å². The van der Waals surface area contributed by atoms with Gasteiger partial charge in [-0.25, -0.2) is 0 Å². The van der Waals surface area contributed by atoms with Crippen LogP contribution in [0, 0.1) is 0 Å². The molecule has 5 nitrogen and oxygen atoms in total. The maximum atomic E-state index is 12.8. The van der Waals surface area contributed by atoms with Gasteiger partial charge in [-0.05, 0) is 42.3 Å².